The molecule has 108 valence electrons. The zero-order valence-electron chi connectivity index (χ0n) is 9.88. The van der Waals surface area contributed by atoms with Crippen molar-refractivity contribution in [3.05, 3.63) is 0 Å². The molecule has 0 aromatic carbocycles. The molecule has 3 amide bonds. The monoisotopic (exact) mass is 346 g/mol. The van der Waals surface area contributed by atoms with Gasteiger partial charge >= 0.3 is 18.2 Å². The van der Waals surface area contributed by atoms with Gasteiger partial charge in [0.25, 0.3) is 5.91 Å². The van der Waals surface area contributed by atoms with E-state index in [2.05, 4.69) is 20.7 Å². The van der Waals surface area contributed by atoms with Crippen LogP contribution in [-0.2, 0) is 14.3 Å². The molecule has 1 heterocycles. The predicted octanol–water partition coefficient (Wildman–Crippen LogP) is 0.796. The van der Waals surface area contributed by atoms with Crippen molar-refractivity contribution < 1.29 is 32.3 Å². The van der Waals surface area contributed by atoms with Crippen molar-refractivity contribution in [1.82, 2.24) is 10.2 Å². The van der Waals surface area contributed by atoms with Crippen LogP contribution in [0.1, 0.15) is 6.92 Å². The molecular formula is C9H10BrF3N2O4. The summed E-state index contributed by atoms with van der Waals surface area (Å²) in [7, 11) is 1.07. The molecule has 1 aliphatic rings. The van der Waals surface area contributed by atoms with Crippen LogP contribution in [0, 0.1) is 0 Å². The minimum absolute atomic E-state index is 0.323. The van der Waals surface area contributed by atoms with Crippen molar-refractivity contribution in [2.75, 3.05) is 13.7 Å². The van der Waals surface area contributed by atoms with E-state index >= 15 is 0 Å². The van der Waals surface area contributed by atoms with E-state index in [0.717, 1.165) is 7.11 Å². The summed E-state index contributed by atoms with van der Waals surface area (Å²) in [6.45, 7) is 0.0115. The molecule has 0 aromatic rings. The summed E-state index contributed by atoms with van der Waals surface area (Å²) < 4.78 is 42.6. The van der Waals surface area contributed by atoms with E-state index in [-0.39, 0.29) is 0 Å². The van der Waals surface area contributed by atoms with Crippen LogP contribution in [0.4, 0.5) is 18.0 Å². The quantitative estimate of drug-likeness (QED) is 0.466. The van der Waals surface area contributed by atoms with Gasteiger partial charge in [-0.2, -0.15) is 13.2 Å². The summed E-state index contributed by atoms with van der Waals surface area (Å²) >= 11 is 2.83. The summed E-state index contributed by atoms with van der Waals surface area (Å²) in [6, 6.07) is -1.21. The summed E-state index contributed by atoms with van der Waals surface area (Å²) in [5.74, 6) is -2.26. The van der Waals surface area contributed by atoms with Crippen LogP contribution >= 0.6 is 15.9 Å². The molecule has 0 spiro atoms. The normalized spacial score (nSPS) is 25.3. The summed E-state index contributed by atoms with van der Waals surface area (Å²) in [4.78, 5) is 33.4. The Morgan fingerprint density at radius 2 is 2.05 bits per heavy atom. The van der Waals surface area contributed by atoms with Crippen LogP contribution in [0.15, 0.2) is 0 Å². The highest BCUT2D eigenvalue weighted by molar-refractivity contribution is 9.10. The fourth-order valence-electron chi connectivity index (χ4n) is 1.42. The number of hydrogen-bond donors (Lipinski definition) is 1. The molecule has 0 bridgehead atoms. The molecule has 1 N–H and O–H groups in total. The largest absolute Gasteiger partial charge is 0.468 e. The Hall–Kier alpha value is -1.32. The van der Waals surface area contributed by atoms with E-state index in [4.69, 9.17) is 0 Å². The van der Waals surface area contributed by atoms with Gasteiger partial charge in [0.15, 0.2) is 0 Å². The van der Waals surface area contributed by atoms with E-state index in [1.807, 2.05) is 0 Å². The number of nitrogens with zero attached hydrogens (tertiary/aromatic N) is 1. The van der Waals surface area contributed by atoms with Gasteiger partial charge in [0.1, 0.15) is 4.83 Å². The lowest BCUT2D eigenvalue weighted by molar-refractivity contribution is -0.191. The number of carbonyl (C=O) groups is 3. The number of imide groups is 1. The first kappa shape index (κ1) is 15.7. The number of carbonyl (C=O) groups excluding carboxylic acids is 3. The average Bonchev–Trinajstić information content (AvgIpc) is 2.52. The molecule has 2 unspecified atom stereocenters. The molecule has 0 radical (unpaired) electrons. The minimum atomic E-state index is -4.93. The standard InChI is InChI=1S/C9H10BrF3N2O4/c1-8(9(11,12)13)6(17)15(7(18)14-8)3-4(10)5(16)19-2/h4H,3H2,1-2H3,(H,14,18). The summed E-state index contributed by atoms with van der Waals surface area (Å²) in [5.41, 5.74) is -2.98. The fraction of sp³-hybridized carbons (Fsp3) is 0.667. The lowest BCUT2D eigenvalue weighted by Gasteiger charge is -2.24. The van der Waals surface area contributed by atoms with Gasteiger partial charge in [-0.25, -0.2) is 4.79 Å². The highest BCUT2D eigenvalue weighted by atomic mass is 79.9. The molecule has 1 rings (SSSR count). The number of nitrogens with one attached hydrogen (secondary N) is 1. The number of rotatable bonds is 3. The van der Waals surface area contributed by atoms with Crippen molar-refractivity contribution in [2.45, 2.75) is 23.5 Å². The van der Waals surface area contributed by atoms with Crippen molar-refractivity contribution in [3.8, 4) is 0 Å². The van der Waals surface area contributed by atoms with Gasteiger partial charge in [0.2, 0.25) is 5.54 Å². The van der Waals surface area contributed by atoms with E-state index < -0.39 is 41.0 Å². The molecule has 6 nitrogen and oxygen atoms in total. The molecule has 1 saturated heterocycles. The highest BCUT2D eigenvalue weighted by Gasteiger charge is 2.64. The molecule has 0 aliphatic carbocycles. The average molecular weight is 347 g/mol. The van der Waals surface area contributed by atoms with E-state index in [1.165, 1.54) is 0 Å². The van der Waals surface area contributed by atoms with Crippen LogP contribution in [0.3, 0.4) is 0 Å². The first-order chi connectivity index (χ1) is 8.54. The third-order valence-corrected chi connectivity index (χ3v) is 3.31. The van der Waals surface area contributed by atoms with Gasteiger partial charge in [-0.3, -0.25) is 14.5 Å². The van der Waals surface area contributed by atoms with Crippen LogP contribution in [0.2, 0.25) is 0 Å². The molecule has 2 atom stereocenters. The van der Waals surface area contributed by atoms with Gasteiger partial charge in [0, 0.05) is 0 Å². The van der Waals surface area contributed by atoms with Crippen molar-refractivity contribution in [1.29, 1.82) is 0 Å². The molecule has 0 aromatic heterocycles. The van der Waals surface area contributed by atoms with Gasteiger partial charge in [-0.15, -0.1) is 0 Å². The maximum atomic E-state index is 12.7. The van der Waals surface area contributed by atoms with Crippen LogP contribution in [0.5, 0.6) is 0 Å². The Kier molecular flexibility index (Phi) is 4.13. The Balaban J connectivity index is 2.92. The SMILES string of the molecule is COC(=O)C(Br)CN1C(=O)NC(C)(C(F)(F)F)C1=O. The van der Waals surface area contributed by atoms with E-state index in [0.29, 0.717) is 11.8 Å². The number of methoxy groups -OCH3 is 1. The zero-order chi connectivity index (χ0) is 15.0. The summed E-state index contributed by atoms with van der Waals surface area (Å²) in [6.07, 6.45) is -4.93. The fourth-order valence-corrected chi connectivity index (χ4v) is 1.89. The zero-order valence-corrected chi connectivity index (χ0v) is 11.5. The Morgan fingerprint density at radius 3 is 2.42 bits per heavy atom. The van der Waals surface area contributed by atoms with E-state index in [1.54, 1.807) is 5.32 Å². The molecular weight excluding hydrogens is 337 g/mol. The van der Waals surface area contributed by atoms with Crippen molar-refractivity contribution >= 4 is 33.8 Å². The second kappa shape index (κ2) is 4.99. The lowest BCUT2D eigenvalue weighted by atomic mass is 10.0. The number of ether oxygens (including phenoxy) is 1. The minimum Gasteiger partial charge on any atom is -0.468 e. The van der Waals surface area contributed by atoms with Gasteiger partial charge < -0.3 is 10.1 Å². The molecule has 19 heavy (non-hydrogen) atoms. The molecule has 0 saturated carbocycles. The van der Waals surface area contributed by atoms with Gasteiger partial charge in [-0.05, 0) is 6.92 Å². The highest BCUT2D eigenvalue weighted by Crippen LogP contribution is 2.35. The Labute approximate surface area is 114 Å². The molecule has 1 aliphatic heterocycles. The first-order valence-electron chi connectivity index (χ1n) is 4.97. The smallest absolute Gasteiger partial charge is 0.420 e. The van der Waals surface area contributed by atoms with Crippen LogP contribution in [0.25, 0.3) is 0 Å². The van der Waals surface area contributed by atoms with Crippen LogP contribution in [-0.4, -0.2) is 53.0 Å². The van der Waals surface area contributed by atoms with Gasteiger partial charge in [0.05, 0.1) is 13.7 Å². The topological polar surface area (TPSA) is 75.7 Å². The van der Waals surface area contributed by atoms with Crippen molar-refractivity contribution in [2.24, 2.45) is 0 Å². The second-order valence-electron chi connectivity index (χ2n) is 3.96. The van der Waals surface area contributed by atoms with Gasteiger partial charge in [-0.1, -0.05) is 15.9 Å². The summed E-state index contributed by atoms with van der Waals surface area (Å²) in [5, 5.41) is 1.57. The molecule has 10 heteroatoms. The van der Waals surface area contributed by atoms with E-state index in [9.17, 15) is 27.6 Å². The number of alkyl halides is 4. The number of halogens is 4. The maximum Gasteiger partial charge on any atom is 0.420 e. The third kappa shape index (κ3) is 2.67. The number of urea groups is 1. The Morgan fingerprint density at radius 1 is 1.53 bits per heavy atom. The lowest BCUT2D eigenvalue weighted by Crippen LogP contribution is -2.56. The number of esters is 1. The third-order valence-electron chi connectivity index (χ3n) is 2.64. The predicted molar refractivity (Wildman–Crippen MR) is 59.4 cm³/mol. The van der Waals surface area contributed by atoms with Crippen molar-refractivity contribution in [3.63, 3.8) is 0 Å². The maximum absolute atomic E-state index is 12.7. The number of hydrogen-bond acceptors (Lipinski definition) is 4. The second-order valence-corrected chi connectivity index (χ2v) is 5.06. The Bertz CT molecular complexity index is 428. The molecule has 1 fully saturated rings. The number of amides is 3. The van der Waals surface area contributed by atoms with Crippen LogP contribution < -0.4 is 5.32 Å². The first-order valence-corrected chi connectivity index (χ1v) is 5.89.